The van der Waals surface area contributed by atoms with Crippen molar-refractivity contribution >= 4 is 23.6 Å². The number of halogens is 2. The van der Waals surface area contributed by atoms with Crippen LogP contribution in [0.15, 0.2) is 34.7 Å². The van der Waals surface area contributed by atoms with E-state index in [9.17, 15) is 13.6 Å². The highest BCUT2D eigenvalue weighted by Crippen LogP contribution is 2.32. The molecule has 2 aliphatic rings. The number of rotatable bonds is 4. The molecule has 0 unspecified atom stereocenters. The van der Waals surface area contributed by atoms with Gasteiger partial charge in [-0.3, -0.25) is 4.79 Å². The fraction of sp³-hybridized carbons (Fsp3) is 0.400. The Kier molecular flexibility index (Phi) is 5.73. The van der Waals surface area contributed by atoms with Crippen LogP contribution in [0.4, 0.5) is 20.7 Å². The summed E-state index contributed by atoms with van der Waals surface area (Å²) in [6, 6.07) is 6.88. The van der Waals surface area contributed by atoms with Gasteiger partial charge in [0.15, 0.2) is 5.76 Å². The van der Waals surface area contributed by atoms with Gasteiger partial charge in [-0.05, 0) is 62.3 Å². The Morgan fingerprint density at radius 2 is 1.86 bits per heavy atom. The number of nitrogens with zero attached hydrogens (tertiary/aromatic N) is 7. The number of furan rings is 1. The van der Waals surface area contributed by atoms with Crippen LogP contribution in [0.3, 0.4) is 0 Å². The van der Waals surface area contributed by atoms with Gasteiger partial charge in [0.05, 0.1) is 0 Å². The second kappa shape index (κ2) is 9.09. The molecule has 12 heteroatoms. The average Bonchev–Trinajstić information content (AvgIpc) is 3.63. The number of nitrogen functional groups attached to an aromatic ring is 1. The number of carbonyl (C=O) groups is 1. The zero-order valence-corrected chi connectivity index (χ0v) is 20.3. The average molecular weight is 509 g/mol. The molecule has 1 amide bonds. The summed E-state index contributed by atoms with van der Waals surface area (Å²) in [6.07, 6.45) is 2.71. The van der Waals surface area contributed by atoms with Gasteiger partial charge in [-0.25, -0.2) is 8.78 Å². The maximum atomic E-state index is 14.3. The van der Waals surface area contributed by atoms with E-state index in [1.165, 1.54) is 16.6 Å². The molecule has 4 aromatic rings. The van der Waals surface area contributed by atoms with E-state index in [4.69, 9.17) is 10.2 Å². The zero-order valence-electron chi connectivity index (χ0n) is 20.3. The molecule has 1 atom stereocenters. The van der Waals surface area contributed by atoms with Crippen molar-refractivity contribution in [2.24, 2.45) is 0 Å². The fourth-order valence-electron chi connectivity index (χ4n) is 5.30. The molecule has 2 fully saturated rings. The standard InChI is InChI=1S/C25H26F2N8O2/c1-14-4-7-20(37-14)21-29-25-31-24(30-23(28)35(25)32-21)34-10-2-3-19(34)22(36)33-11-8-15(9-12-33)17-6-5-16(26)13-18(17)27/h4-7,13,15,19H,2-3,8-12H2,1H3,(H2,28,29,30,31,32)/t19-/m0/s1. The van der Waals surface area contributed by atoms with E-state index >= 15 is 0 Å². The zero-order chi connectivity index (χ0) is 25.7. The minimum atomic E-state index is -0.588. The van der Waals surface area contributed by atoms with Gasteiger partial charge in [-0.15, -0.1) is 5.10 Å². The van der Waals surface area contributed by atoms with E-state index in [0.717, 1.165) is 18.2 Å². The fourth-order valence-corrected chi connectivity index (χ4v) is 5.30. The third-order valence-electron chi connectivity index (χ3n) is 7.19. The Hall–Kier alpha value is -4.09. The first-order valence-electron chi connectivity index (χ1n) is 12.3. The number of likely N-dealkylation sites (tertiary alicyclic amines) is 1. The molecule has 0 spiro atoms. The molecule has 0 radical (unpaired) electrons. The van der Waals surface area contributed by atoms with E-state index in [1.54, 1.807) is 6.07 Å². The number of fused-ring (bicyclic) bond motifs is 1. The number of amides is 1. The summed E-state index contributed by atoms with van der Waals surface area (Å²) in [4.78, 5) is 30.6. The van der Waals surface area contributed by atoms with E-state index in [-0.39, 0.29) is 23.6 Å². The summed E-state index contributed by atoms with van der Waals surface area (Å²) in [7, 11) is 0. The molecule has 5 heterocycles. The smallest absolute Gasteiger partial charge is 0.259 e. The predicted molar refractivity (Wildman–Crippen MR) is 131 cm³/mol. The Labute approximate surface area is 211 Å². The maximum Gasteiger partial charge on any atom is 0.259 e. The molecular formula is C25H26F2N8O2. The van der Waals surface area contributed by atoms with E-state index in [1.807, 2.05) is 22.8 Å². The van der Waals surface area contributed by atoms with Gasteiger partial charge in [0.25, 0.3) is 5.78 Å². The van der Waals surface area contributed by atoms with Gasteiger partial charge < -0.3 is 20.0 Å². The molecule has 6 rings (SSSR count). The summed E-state index contributed by atoms with van der Waals surface area (Å²) in [5.74, 6) is 1.13. The topological polar surface area (TPSA) is 119 Å². The summed E-state index contributed by atoms with van der Waals surface area (Å²) < 4.78 is 34.5. The largest absolute Gasteiger partial charge is 0.458 e. The van der Waals surface area contributed by atoms with Crippen molar-refractivity contribution in [3.63, 3.8) is 0 Å². The second-order valence-electron chi connectivity index (χ2n) is 9.56. The van der Waals surface area contributed by atoms with Gasteiger partial charge in [-0.2, -0.15) is 19.5 Å². The van der Waals surface area contributed by atoms with E-state index < -0.39 is 17.7 Å². The lowest BCUT2D eigenvalue weighted by Crippen LogP contribution is -2.48. The molecule has 10 nitrogen and oxygen atoms in total. The van der Waals surface area contributed by atoms with Crippen molar-refractivity contribution in [1.29, 1.82) is 0 Å². The van der Waals surface area contributed by atoms with Gasteiger partial charge in [0.2, 0.25) is 23.6 Å². The Bertz CT molecular complexity index is 1480. The summed E-state index contributed by atoms with van der Waals surface area (Å²) in [5, 5.41) is 4.35. The molecule has 0 aliphatic carbocycles. The number of hydrogen-bond acceptors (Lipinski definition) is 8. The molecule has 0 bridgehead atoms. The molecule has 1 aromatic carbocycles. The highest BCUT2D eigenvalue weighted by molar-refractivity contribution is 5.85. The first-order valence-corrected chi connectivity index (χ1v) is 12.3. The Balaban J connectivity index is 1.19. The van der Waals surface area contributed by atoms with Gasteiger partial charge >= 0.3 is 0 Å². The summed E-state index contributed by atoms with van der Waals surface area (Å²) in [5.41, 5.74) is 6.69. The lowest BCUT2D eigenvalue weighted by Gasteiger charge is -2.35. The summed E-state index contributed by atoms with van der Waals surface area (Å²) in [6.45, 7) is 3.45. The van der Waals surface area contributed by atoms with Crippen molar-refractivity contribution in [3.8, 4) is 11.6 Å². The first kappa shape index (κ1) is 23.3. The number of nitrogens with two attached hydrogens (primary N) is 1. The highest BCUT2D eigenvalue weighted by Gasteiger charge is 2.37. The van der Waals surface area contributed by atoms with Crippen LogP contribution in [0.2, 0.25) is 0 Å². The van der Waals surface area contributed by atoms with Crippen LogP contribution < -0.4 is 10.6 Å². The number of aromatic nitrogens is 5. The van der Waals surface area contributed by atoms with Crippen molar-refractivity contribution in [3.05, 3.63) is 53.3 Å². The highest BCUT2D eigenvalue weighted by atomic mass is 19.1. The van der Waals surface area contributed by atoms with Crippen LogP contribution in [0.5, 0.6) is 0 Å². The summed E-state index contributed by atoms with van der Waals surface area (Å²) >= 11 is 0. The van der Waals surface area contributed by atoms with Crippen molar-refractivity contribution in [2.45, 2.75) is 44.6 Å². The van der Waals surface area contributed by atoms with Crippen LogP contribution in [0.1, 0.15) is 42.9 Å². The minimum Gasteiger partial charge on any atom is -0.458 e. The molecule has 2 aliphatic heterocycles. The molecule has 192 valence electrons. The van der Waals surface area contributed by atoms with Crippen LogP contribution in [-0.4, -0.2) is 61.0 Å². The number of benzene rings is 1. The monoisotopic (exact) mass is 508 g/mol. The molecular weight excluding hydrogens is 482 g/mol. The van der Waals surface area contributed by atoms with Crippen LogP contribution in [0.25, 0.3) is 17.4 Å². The minimum absolute atomic E-state index is 0.00853. The lowest BCUT2D eigenvalue weighted by molar-refractivity contribution is -0.133. The number of aryl methyl sites for hydroxylation is 1. The number of hydrogen-bond donors (Lipinski definition) is 1. The quantitative estimate of drug-likeness (QED) is 0.446. The number of anilines is 2. The third-order valence-corrected chi connectivity index (χ3v) is 7.19. The van der Waals surface area contributed by atoms with E-state index in [2.05, 4.69) is 20.1 Å². The predicted octanol–water partition coefficient (Wildman–Crippen LogP) is 3.32. The second-order valence-corrected chi connectivity index (χ2v) is 9.56. The molecule has 2 N–H and O–H groups in total. The van der Waals surface area contributed by atoms with Crippen molar-refractivity contribution in [2.75, 3.05) is 30.3 Å². The SMILES string of the molecule is Cc1ccc(-c2nc3nc(N4CCC[C@H]4C(=O)N4CCC(c5ccc(F)cc5F)CC4)nc(N)n3n2)o1. The van der Waals surface area contributed by atoms with Crippen molar-refractivity contribution in [1.82, 2.24) is 29.5 Å². The molecule has 37 heavy (non-hydrogen) atoms. The lowest BCUT2D eigenvalue weighted by atomic mass is 9.88. The molecule has 3 aromatic heterocycles. The number of carbonyl (C=O) groups excluding carboxylic acids is 1. The molecule has 0 saturated carbocycles. The maximum absolute atomic E-state index is 14.3. The van der Waals surface area contributed by atoms with Crippen LogP contribution >= 0.6 is 0 Å². The molecule has 2 saturated heterocycles. The van der Waals surface area contributed by atoms with Crippen LogP contribution in [-0.2, 0) is 4.79 Å². The Morgan fingerprint density at radius 3 is 2.59 bits per heavy atom. The van der Waals surface area contributed by atoms with Gasteiger partial charge in [0, 0.05) is 25.7 Å². The Morgan fingerprint density at radius 1 is 1.05 bits per heavy atom. The number of piperidine rings is 1. The van der Waals surface area contributed by atoms with Crippen molar-refractivity contribution < 1.29 is 18.0 Å². The van der Waals surface area contributed by atoms with Crippen LogP contribution in [0, 0.1) is 18.6 Å². The first-order chi connectivity index (χ1) is 17.9. The van der Waals surface area contributed by atoms with Gasteiger partial charge in [-0.1, -0.05) is 6.07 Å². The normalized spacial score (nSPS) is 18.7. The van der Waals surface area contributed by atoms with E-state index in [0.29, 0.717) is 62.0 Å². The third kappa shape index (κ3) is 4.25. The van der Waals surface area contributed by atoms with Gasteiger partial charge in [0.1, 0.15) is 23.4 Å².